The molecule has 1 aliphatic heterocycles. The van der Waals surface area contributed by atoms with Crippen molar-refractivity contribution in [2.24, 2.45) is 5.41 Å². The molecule has 0 aromatic heterocycles. The lowest BCUT2D eigenvalue weighted by Gasteiger charge is -2.26. The maximum absolute atomic E-state index is 12.0. The second kappa shape index (κ2) is 5.00. The number of carboxylic acid groups (broad SMARTS) is 1. The summed E-state index contributed by atoms with van der Waals surface area (Å²) in [5.74, 6) is -0.821. The number of carbonyl (C=O) groups excluding carboxylic acids is 1. The van der Waals surface area contributed by atoms with Gasteiger partial charge in [-0.15, -0.1) is 0 Å². The second-order valence-electron chi connectivity index (χ2n) is 6.12. The molecule has 6 heteroatoms. The minimum atomic E-state index is -0.824. The molecule has 2 fully saturated rings. The second-order valence-corrected chi connectivity index (χ2v) is 6.12. The highest BCUT2D eigenvalue weighted by Gasteiger charge is 2.42. The van der Waals surface area contributed by atoms with E-state index >= 15 is 0 Å². The van der Waals surface area contributed by atoms with Gasteiger partial charge in [0.15, 0.2) is 0 Å². The van der Waals surface area contributed by atoms with E-state index in [1.54, 1.807) is 11.8 Å². The Balaban J connectivity index is 1.88. The zero-order chi connectivity index (χ0) is 14.1. The van der Waals surface area contributed by atoms with Crippen LogP contribution in [0.2, 0.25) is 0 Å². The fourth-order valence-electron chi connectivity index (χ4n) is 2.99. The number of likely N-dealkylation sites (tertiary alicyclic amines) is 1. The van der Waals surface area contributed by atoms with Crippen LogP contribution in [0.3, 0.4) is 0 Å². The average Bonchev–Trinajstić information content (AvgIpc) is 2.93. The van der Waals surface area contributed by atoms with E-state index in [4.69, 9.17) is 0 Å². The summed E-state index contributed by atoms with van der Waals surface area (Å²) in [4.78, 5) is 24.9. The van der Waals surface area contributed by atoms with Gasteiger partial charge in [0.2, 0.25) is 0 Å². The van der Waals surface area contributed by atoms with Crippen molar-refractivity contribution in [3.63, 3.8) is 0 Å². The SMILES string of the molecule is CC1(O)CCN(C(=O)NCC2(C(=O)O)CCCC2)C1. The van der Waals surface area contributed by atoms with Crippen molar-refractivity contribution in [2.75, 3.05) is 19.6 Å². The zero-order valence-corrected chi connectivity index (χ0v) is 11.3. The number of rotatable bonds is 3. The summed E-state index contributed by atoms with van der Waals surface area (Å²) >= 11 is 0. The van der Waals surface area contributed by atoms with Crippen LogP contribution in [0.5, 0.6) is 0 Å². The molecule has 2 aliphatic rings. The third-order valence-electron chi connectivity index (χ3n) is 4.33. The molecule has 19 heavy (non-hydrogen) atoms. The Bertz CT molecular complexity index is 375. The van der Waals surface area contributed by atoms with E-state index in [0.717, 1.165) is 12.8 Å². The Morgan fingerprint density at radius 1 is 1.26 bits per heavy atom. The maximum atomic E-state index is 12.0. The number of carbonyl (C=O) groups is 2. The number of nitrogens with zero attached hydrogens (tertiary/aromatic N) is 1. The third-order valence-corrected chi connectivity index (χ3v) is 4.33. The Hall–Kier alpha value is -1.30. The van der Waals surface area contributed by atoms with Crippen LogP contribution in [-0.2, 0) is 4.79 Å². The molecular formula is C13H22N2O4. The summed E-state index contributed by atoms with van der Waals surface area (Å²) < 4.78 is 0. The van der Waals surface area contributed by atoms with E-state index in [-0.39, 0.29) is 12.6 Å². The van der Waals surface area contributed by atoms with Crippen molar-refractivity contribution in [2.45, 2.75) is 44.6 Å². The summed E-state index contributed by atoms with van der Waals surface area (Å²) in [6, 6.07) is -0.273. The molecule has 1 atom stereocenters. The lowest BCUT2D eigenvalue weighted by molar-refractivity contribution is -0.148. The van der Waals surface area contributed by atoms with Gasteiger partial charge in [-0.3, -0.25) is 4.79 Å². The molecule has 0 aromatic rings. The number of aliphatic hydroxyl groups is 1. The van der Waals surface area contributed by atoms with Crippen LogP contribution in [-0.4, -0.2) is 52.3 Å². The molecule has 6 nitrogen and oxygen atoms in total. The van der Waals surface area contributed by atoms with E-state index in [2.05, 4.69) is 5.32 Å². The normalized spacial score (nSPS) is 29.5. The average molecular weight is 270 g/mol. The highest BCUT2D eigenvalue weighted by atomic mass is 16.4. The standard InChI is InChI=1S/C13H22N2O4/c1-12(19)6-7-15(9-12)11(18)14-8-13(10(16)17)4-2-3-5-13/h19H,2-9H2,1H3,(H,14,18)(H,16,17). The van der Waals surface area contributed by atoms with Crippen LogP contribution in [0.15, 0.2) is 0 Å². The first-order valence-electron chi connectivity index (χ1n) is 6.83. The lowest BCUT2D eigenvalue weighted by atomic mass is 9.86. The largest absolute Gasteiger partial charge is 0.481 e. The van der Waals surface area contributed by atoms with Gasteiger partial charge in [-0.05, 0) is 26.2 Å². The fraction of sp³-hybridized carbons (Fsp3) is 0.846. The van der Waals surface area contributed by atoms with Gasteiger partial charge in [-0.2, -0.15) is 0 Å². The van der Waals surface area contributed by atoms with Crippen molar-refractivity contribution in [3.8, 4) is 0 Å². The number of urea groups is 1. The van der Waals surface area contributed by atoms with Crippen molar-refractivity contribution in [3.05, 3.63) is 0 Å². The molecule has 0 bridgehead atoms. The van der Waals surface area contributed by atoms with Gasteiger partial charge >= 0.3 is 12.0 Å². The number of aliphatic carboxylic acids is 1. The molecule has 0 radical (unpaired) electrons. The summed E-state index contributed by atoms with van der Waals surface area (Å²) in [6.07, 6.45) is 3.62. The predicted molar refractivity (Wildman–Crippen MR) is 68.7 cm³/mol. The molecule has 3 N–H and O–H groups in total. The number of hydrogen-bond acceptors (Lipinski definition) is 3. The van der Waals surface area contributed by atoms with Crippen molar-refractivity contribution in [1.29, 1.82) is 0 Å². The first kappa shape index (κ1) is 14.1. The maximum Gasteiger partial charge on any atom is 0.317 e. The highest BCUT2D eigenvalue weighted by molar-refractivity contribution is 5.78. The number of hydrogen-bond donors (Lipinski definition) is 3. The van der Waals surface area contributed by atoms with E-state index < -0.39 is 17.0 Å². The van der Waals surface area contributed by atoms with Crippen molar-refractivity contribution < 1.29 is 19.8 Å². The number of carboxylic acids is 1. The number of nitrogens with one attached hydrogen (secondary N) is 1. The molecule has 1 unspecified atom stereocenters. The van der Waals surface area contributed by atoms with Gasteiger partial charge in [-0.1, -0.05) is 12.8 Å². The minimum absolute atomic E-state index is 0.180. The first-order chi connectivity index (χ1) is 8.85. The molecule has 1 saturated heterocycles. The molecule has 2 amide bonds. The van der Waals surface area contributed by atoms with Gasteiger partial charge in [0.05, 0.1) is 17.6 Å². The van der Waals surface area contributed by atoms with E-state index in [1.165, 1.54) is 0 Å². The predicted octanol–water partition coefficient (Wildman–Crippen LogP) is 0.798. The summed E-state index contributed by atoms with van der Waals surface area (Å²) in [5.41, 5.74) is -1.62. The van der Waals surface area contributed by atoms with Gasteiger partial charge in [0, 0.05) is 13.1 Å². The summed E-state index contributed by atoms with van der Waals surface area (Å²) in [5, 5.41) is 21.9. The zero-order valence-electron chi connectivity index (χ0n) is 11.3. The molecule has 2 rings (SSSR count). The van der Waals surface area contributed by atoms with Crippen molar-refractivity contribution in [1.82, 2.24) is 10.2 Å². The third kappa shape index (κ3) is 3.00. The van der Waals surface area contributed by atoms with Gasteiger partial charge in [0.25, 0.3) is 0 Å². The fourth-order valence-corrected chi connectivity index (χ4v) is 2.99. The van der Waals surface area contributed by atoms with Gasteiger partial charge < -0.3 is 20.4 Å². The van der Waals surface area contributed by atoms with Crippen LogP contribution in [0.25, 0.3) is 0 Å². The Kier molecular flexibility index (Phi) is 3.71. The highest BCUT2D eigenvalue weighted by Crippen LogP contribution is 2.37. The Labute approximate surface area is 112 Å². The van der Waals surface area contributed by atoms with E-state index in [1.807, 2.05) is 0 Å². The van der Waals surface area contributed by atoms with Crippen molar-refractivity contribution >= 4 is 12.0 Å². The van der Waals surface area contributed by atoms with E-state index in [9.17, 15) is 19.8 Å². The summed E-state index contributed by atoms with van der Waals surface area (Å²) in [6.45, 7) is 2.70. The molecule has 0 spiro atoms. The molecular weight excluding hydrogens is 248 g/mol. The number of β-amino-alcohol motifs (C(OH)–C–C–N with tert-alkyl or cyclic N) is 1. The quantitative estimate of drug-likeness (QED) is 0.707. The van der Waals surface area contributed by atoms with Gasteiger partial charge in [-0.25, -0.2) is 4.79 Å². The van der Waals surface area contributed by atoms with E-state index in [0.29, 0.717) is 32.4 Å². The smallest absolute Gasteiger partial charge is 0.317 e. The van der Waals surface area contributed by atoms with Gasteiger partial charge in [0.1, 0.15) is 0 Å². The number of amides is 2. The molecule has 1 heterocycles. The molecule has 1 saturated carbocycles. The molecule has 0 aromatic carbocycles. The van der Waals surface area contributed by atoms with Crippen LogP contribution in [0.1, 0.15) is 39.0 Å². The topological polar surface area (TPSA) is 89.9 Å². The van der Waals surface area contributed by atoms with Crippen LogP contribution >= 0.6 is 0 Å². The van der Waals surface area contributed by atoms with Crippen LogP contribution < -0.4 is 5.32 Å². The molecule has 1 aliphatic carbocycles. The Morgan fingerprint density at radius 3 is 2.37 bits per heavy atom. The Morgan fingerprint density at radius 2 is 1.89 bits per heavy atom. The molecule has 108 valence electrons. The lowest BCUT2D eigenvalue weighted by Crippen LogP contribution is -2.46. The minimum Gasteiger partial charge on any atom is -0.481 e. The summed E-state index contributed by atoms with van der Waals surface area (Å²) in [7, 11) is 0. The van der Waals surface area contributed by atoms with Crippen LogP contribution in [0, 0.1) is 5.41 Å². The first-order valence-corrected chi connectivity index (χ1v) is 6.83. The monoisotopic (exact) mass is 270 g/mol. The van der Waals surface area contributed by atoms with Crippen LogP contribution in [0.4, 0.5) is 4.79 Å².